The molecule has 1 amide bonds. The SMILES string of the molecule is O=C(NCC1(CO)CC1)[C@H]1CCCNC1. The third-order valence-electron chi connectivity index (χ3n) is 3.60. The van der Waals surface area contributed by atoms with Gasteiger partial charge in [0.05, 0.1) is 12.5 Å². The summed E-state index contributed by atoms with van der Waals surface area (Å²) in [6, 6.07) is 0. The first kappa shape index (κ1) is 10.9. The molecule has 0 aromatic rings. The Balaban J connectivity index is 1.72. The van der Waals surface area contributed by atoms with Crippen LogP contribution in [0.25, 0.3) is 0 Å². The molecule has 15 heavy (non-hydrogen) atoms. The fourth-order valence-electron chi connectivity index (χ4n) is 2.06. The van der Waals surface area contributed by atoms with Crippen LogP contribution in [0.1, 0.15) is 25.7 Å². The highest BCUT2D eigenvalue weighted by molar-refractivity contribution is 5.79. The fourth-order valence-corrected chi connectivity index (χ4v) is 2.06. The Kier molecular flexibility index (Phi) is 3.26. The number of hydrogen-bond donors (Lipinski definition) is 3. The quantitative estimate of drug-likeness (QED) is 0.608. The van der Waals surface area contributed by atoms with E-state index >= 15 is 0 Å². The van der Waals surface area contributed by atoms with Crippen LogP contribution in [0.5, 0.6) is 0 Å². The van der Waals surface area contributed by atoms with Crippen LogP contribution < -0.4 is 10.6 Å². The summed E-state index contributed by atoms with van der Waals surface area (Å²) >= 11 is 0. The van der Waals surface area contributed by atoms with Gasteiger partial charge in [-0.15, -0.1) is 0 Å². The highest BCUT2D eigenvalue weighted by Crippen LogP contribution is 2.44. The van der Waals surface area contributed by atoms with Crippen LogP contribution in [-0.4, -0.2) is 37.3 Å². The van der Waals surface area contributed by atoms with Gasteiger partial charge in [0, 0.05) is 18.5 Å². The van der Waals surface area contributed by atoms with Crippen molar-refractivity contribution >= 4 is 5.91 Å². The van der Waals surface area contributed by atoms with Crippen molar-refractivity contribution in [3.63, 3.8) is 0 Å². The van der Waals surface area contributed by atoms with Gasteiger partial charge < -0.3 is 15.7 Å². The van der Waals surface area contributed by atoms with Crippen LogP contribution in [0.3, 0.4) is 0 Å². The molecule has 1 aliphatic heterocycles. The molecule has 0 aromatic heterocycles. The van der Waals surface area contributed by atoms with Crippen molar-refractivity contribution in [2.24, 2.45) is 11.3 Å². The second-order valence-corrected chi connectivity index (χ2v) is 4.92. The number of rotatable bonds is 4. The minimum Gasteiger partial charge on any atom is -0.396 e. The van der Waals surface area contributed by atoms with E-state index in [2.05, 4.69) is 10.6 Å². The van der Waals surface area contributed by atoms with Crippen molar-refractivity contribution in [1.29, 1.82) is 0 Å². The van der Waals surface area contributed by atoms with E-state index in [-0.39, 0.29) is 23.8 Å². The molecule has 0 radical (unpaired) electrons. The molecule has 2 aliphatic rings. The third-order valence-corrected chi connectivity index (χ3v) is 3.60. The van der Waals surface area contributed by atoms with Gasteiger partial charge in [0.2, 0.25) is 5.91 Å². The van der Waals surface area contributed by atoms with Crippen LogP contribution in [0.4, 0.5) is 0 Å². The van der Waals surface area contributed by atoms with Gasteiger partial charge >= 0.3 is 0 Å². The lowest BCUT2D eigenvalue weighted by atomic mass is 9.98. The van der Waals surface area contributed by atoms with Gasteiger partial charge in [0.25, 0.3) is 0 Å². The van der Waals surface area contributed by atoms with Crippen LogP contribution >= 0.6 is 0 Å². The minimum atomic E-state index is 0.0256. The average Bonchev–Trinajstić information content (AvgIpc) is 3.08. The normalized spacial score (nSPS) is 28.5. The molecule has 2 rings (SSSR count). The van der Waals surface area contributed by atoms with Crippen LogP contribution in [0.15, 0.2) is 0 Å². The van der Waals surface area contributed by atoms with Gasteiger partial charge in [0.15, 0.2) is 0 Å². The highest BCUT2D eigenvalue weighted by Gasteiger charge is 2.42. The first-order chi connectivity index (χ1) is 7.26. The fraction of sp³-hybridized carbons (Fsp3) is 0.909. The molecule has 2 fully saturated rings. The largest absolute Gasteiger partial charge is 0.396 e. The average molecular weight is 212 g/mol. The van der Waals surface area contributed by atoms with Gasteiger partial charge in [-0.05, 0) is 32.2 Å². The van der Waals surface area contributed by atoms with Crippen molar-refractivity contribution in [1.82, 2.24) is 10.6 Å². The molecule has 4 nitrogen and oxygen atoms in total. The summed E-state index contributed by atoms with van der Waals surface area (Å²) in [5, 5.41) is 15.3. The van der Waals surface area contributed by atoms with Crippen molar-refractivity contribution in [2.45, 2.75) is 25.7 Å². The van der Waals surface area contributed by atoms with Crippen LogP contribution in [0.2, 0.25) is 0 Å². The van der Waals surface area contributed by atoms with E-state index in [9.17, 15) is 4.79 Å². The molecule has 1 heterocycles. The zero-order valence-corrected chi connectivity index (χ0v) is 9.09. The summed E-state index contributed by atoms with van der Waals surface area (Å²) in [5.41, 5.74) is 0.0256. The third kappa shape index (κ3) is 2.69. The minimum absolute atomic E-state index is 0.0256. The Labute approximate surface area is 90.4 Å². The molecule has 0 spiro atoms. The molecule has 1 aliphatic carbocycles. The van der Waals surface area contributed by atoms with Crippen LogP contribution in [-0.2, 0) is 4.79 Å². The van der Waals surface area contributed by atoms with Gasteiger partial charge in [-0.1, -0.05) is 0 Å². The maximum absolute atomic E-state index is 11.8. The predicted molar refractivity (Wildman–Crippen MR) is 57.4 cm³/mol. The number of amides is 1. The van der Waals surface area contributed by atoms with E-state index in [1.807, 2.05) is 0 Å². The maximum Gasteiger partial charge on any atom is 0.224 e. The first-order valence-corrected chi connectivity index (χ1v) is 5.85. The molecular weight excluding hydrogens is 192 g/mol. The molecule has 86 valence electrons. The molecule has 1 atom stereocenters. The molecule has 0 bridgehead atoms. The second-order valence-electron chi connectivity index (χ2n) is 4.92. The maximum atomic E-state index is 11.8. The molecular formula is C11H20N2O2. The summed E-state index contributed by atoms with van der Waals surface area (Å²) in [7, 11) is 0. The van der Waals surface area contributed by atoms with Gasteiger partial charge in [-0.3, -0.25) is 4.79 Å². The first-order valence-electron chi connectivity index (χ1n) is 5.85. The lowest BCUT2D eigenvalue weighted by molar-refractivity contribution is -0.125. The Morgan fingerprint density at radius 3 is 2.87 bits per heavy atom. The molecule has 3 N–H and O–H groups in total. The van der Waals surface area contributed by atoms with Crippen molar-refractivity contribution in [2.75, 3.05) is 26.2 Å². The summed E-state index contributed by atoms with van der Waals surface area (Å²) in [5.74, 6) is 0.287. The summed E-state index contributed by atoms with van der Waals surface area (Å²) in [6.07, 6.45) is 4.17. The summed E-state index contributed by atoms with van der Waals surface area (Å²) < 4.78 is 0. The van der Waals surface area contributed by atoms with Crippen molar-refractivity contribution in [3.8, 4) is 0 Å². The van der Waals surface area contributed by atoms with Crippen molar-refractivity contribution < 1.29 is 9.90 Å². The zero-order chi connectivity index (χ0) is 10.7. The smallest absolute Gasteiger partial charge is 0.224 e. The summed E-state index contributed by atoms with van der Waals surface area (Å²) in [4.78, 5) is 11.8. The highest BCUT2D eigenvalue weighted by atomic mass is 16.3. The van der Waals surface area contributed by atoms with Crippen molar-refractivity contribution in [3.05, 3.63) is 0 Å². The van der Waals surface area contributed by atoms with E-state index in [4.69, 9.17) is 5.11 Å². The Bertz CT molecular complexity index is 233. The number of aliphatic hydroxyl groups is 1. The van der Waals surface area contributed by atoms with Gasteiger partial charge in [-0.25, -0.2) is 0 Å². The van der Waals surface area contributed by atoms with Crippen LogP contribution in [0, 0.1) is 11.3 Å². The van der Waals surface area contributed by atoms with E-state index in [0.717, 1.165) is 38.8 Å². The lowest BCUT2D eigenvalue weighted by Crippen LogP contribution is -2.42. The van der Waals surface area contributed by atoms with E-state index < -0.39 is 0 Å². The molecule has 4 heteroatoms. The molecule has 1 saturated carbocycles. The topological polar surface area (TPSA) is 61.4 Å². The number of carbonyl (C=O) groups is 1. The van der Waals surface area contributed by atoms with Gasteiger partial charge in [0.1, 0.15) is 0 Å². The Morgan fingerprint density at radius 1 is 1.53 bits per heavy atom. The van der Waals surface area contributed by atoms with E-state index in [1.165, 1.54) is 0 Å². The number of aliphatic hydroxyl groups excluding tert-OH is 1. The number of hydrogen-bond acceptors (Lipinski definition) is 3. The summed E-state index contributed by atoms with van der Waals surface area (Å²) in [6.45, 7) is 2.69. The van der Waals surface area contributed by atoms with Gasteiger partial charge in [-0.2, -0.15) is 0 Å². The Hall–Kier alpha value is -0.610. The second kappa shape index (κ2) is 4.49. The molecule has 0 aromatic carbocycles. The Morgan fingerprint density at radius 2 is 2.33 bits per heavy atom. The monoisotopic (exact) mass is 212 g/mol. The lowest BCUT2D eigenvalue weighted by Gasteiger charge is -2.23. The standard InChI is InChI=1S/C11H20N2O2/c14-8-11(3-4-11)7-13-10(15)9-2-1-5-12-6-9/h9,12,14H,1-8H2,(H,13,15)/t9-/m0/s1. The number of carbonyl (C=O) groups excluding carboxylic acids is 1. The zero-order valence-electron chi connectivity index (χ0n) is 9.09. The molecule has 1 saturated heterocycles. The van der Waals surface area contributed by atoms with E-state index in [1.54, 1.807) is 0 Å². The molecule has 0 unspecified atom stereocenters. The van der Waals surface area contributed by atoms with E-state index in [0.29, 0.717) is 6.54 Å². The number of piperidine rings is 1. The number of nitrogens with one attached hydrogen (secondary N) is 2. The predicted octanol–water partition coefficient (Wildman–Crippen LogP) is -0.125.